The Hall–Kier alpha value is -0.860. The van der Waals surface area contributed by atoms with E-state index in [1.807, 2.05) is 0 Å². The van der Waals surface area contributed by atoms with Crippen molar-refractivity contribution in [1.29, 1.82) is 0 Å². The van der Waals surface area contributed by atoms with Gasteiger partial charge in [0, 0.05) is 18.5 Å². The molecule has 2 N–H and O–H groups in total. The number of nitrogens with two attached hydrogens (primary N) is 1. The fraction of sp³-hybridized carbons (Fsp3) is 0.571. The summed E-state index contributed by atoms with van der Waals surface area (Å²) in [4.78, 5) is 2.54. The van der Waals surface area contributed by atoms with Crippen molar-refractivity contribution in [2.75, 3.05) is 26.2 Å². The highest BCUT2D eigenvalue weighted by atomic mass is 15.1. The zero-order chi connectivity index (χ0) is 11.4. The highest BCUT2D eigenvalue weighted by Crippen LogP contribution is 2.25. The van der Waals surface area contributed by atoms with Gasteiger partial charge in [-0.15, -0.1) is 0 Å². The summed E-state index contributed by atoms with van der Waals surface area (Å²) < 4.78 is 0. The molecule has 1 aliphatic heterocycles. The first-order chi connectivity index (χ1) is 7.74. The standard InChI is InChI=1S/C14H22N2/c1-14(11-15,12-16-9-5-6-10-16)13-7-3-2-4-8-13/h2-4,7-8H,5-6,9-12,15H2,1H3. The molecule has 0 aromatic heterocycles. The number of benzene rings is 1. The van der Waals surface area contributed by atoms with Crippen LogP contribution < -0.4 is 5.73 Å². The van der Waals surface area contributed by atoms with Gasteiger partial charge >= 0.3 is 0 Å². The Morgan fingerprint density at radius 1 is 1.19 bits per heavy atom. The molecule has 0 bridgehead atoms. The lowest BCUT2D eigenvalue weighted by molar-refractivity contribution is 0.260. The molecule has 1 aliphatic rings. The molecule has 1 aromatic rings. The quantitative estimate of drug-likeness (QED) is 0.837. The molecule has 1 saturated heterocycles. The molecule has 88 valence electrons. The van der Waals surface area contributed by atoms with Gasteiger partial charge in [-0.2, -0.15) is 0 Å². The minimum absolute atomic E-state index is 0.103. The minimum atomic E-state index is 0.103. The van der Waals surface area contributed by atoms with Gasteiger partial charge in [0.2, 0.25) is 0 Å². The maximum atomic E-state index is 5.99. The fourth-order valence-corrected chi connectivity index (χ4v) is 2.55. The van der Waals surface area contributed by atoms with Crippen LogP contribution in [0.25, 0.3) is 0 Å². The first kappa shape index (κ1) is 11.6. The topological polar surface area (TPSA) is 29.3 Å². The Kier molecular flexibility index (Phi) is 3.62. The Bertz CT molecular complexity index is 317. The Morgan fingerprint density at radius 3 is 2.38 bits per heavy atom. The van der Waals surface area contributed by atoms with Crippen LogP contribution in [0.3, 0.4) is 0 Å². The van der Waals surface area contributed by atoms with E-state index in [0.29, 0.717) is 6.54 Å². The molecule has 1 atom stereocenters. The molecule has 16 heavy (non-hydrogen) atoms. The normalized spacial score (nSPS) is 20.9. The van der Waals surface area contributed by atoms with Crippen LogP contribution in [0, 0.1) is 0 Å². The van der Waals surface area contributed by atoms with Crippen molar-refractivity contribution in [3.05, 3.63) is 35.9 Å². The lowest BCUT2D eigenvalue weighted by Crippen LogP contribution is -2.42. The molecule has 1 heterocycles. The highest BCUT2D eigenvalue weighted by molar-refractivity contribution is 5.25. The van der Waals surface area contributed by atoms with Crippen molar-refractivity contribution in [3.63, 3.8) is 0 Å². The summed E-state index contributed by atoms with van der Waals surface area (Å²) in [5, 5.41) is 0. The second-order valence-electron chi connectivity index (χ2n) is 5.11. The zero-order valence-electron chi connectivity index (χ0n) is 10.2. The Balaban J connectivity index is 2.12. The molecule has 0 saturated carbocycles. The number of rotatable bonds is 4. The minimum Gasteiger partial charge on any atom is -0.330 e. The van der Waals surface area contributed by atoms with Crippen LogP contribution in [0.1, 0.15) is 25.3 Å². The molecular weight excluding hydrogens is 196 g/mol. The van der Waals surface area contributed by atoms with Crippen LogP contribution >= 0.6 is 0 Å². The van der Waals surface area contributed by atoms with E-state index in [9.17, 15) is 0 Å². The van der Waals surface area contributed by atoms with Crippen LogP contribution in [0.5, 0.6) is 0 Å². The average Bonchev–Trinajstić information content (AvgIpc) is 2.83. The van der Waals surface area contributed by atoms with Crippen LogP contribution in [0.4, 0.5) is 0 Å². The number of hydrogen-bond donors (Lipinski definition) is 1. The summed E-state index contributed by atoms with van der Waals surface area (Å²) >= 11 is 0. The van der Waals surface area contributed by atoms with Crippen LogP contribution in [0.2, 0.25) is 0 Å². The van der Waals surface area contributed by atoms with Gasteiger partial charge in [-0.1, -0.05) is 37.3 Å². The van der Waals surface area contributed by atoms with Gasteiger partial charge in [0.25, 0.3) is 0 Å². The predicted octanol–water partition coefficient (Wildman–Crippen LogP) is 2.00. The van der Waals surface area contributed by atoms with E-state index < -0.39 is 0 Å². The smallest absolute Gasteiger partial charge is 0.0174 e. The third kappa shape index (κ3) is 2.45. The third-order valence-corrected chi connectivity index (χ3v) is 3.69. The SMILES string of the molecule is CC(CN)(CN1CCCC1)c1ccccc1. The summed E-state index contributed by atoms with van der Waals surface area (Å²) in [7, 11) is 0. The van der Waals surface area contributed by atoms with Gasteiger partial charge in [0.15, 0.2) is 0 Å². The summed E-state index contributed by atoms with van der Waals surface area (Å²) in [6, 6.07) is 10.7. The average molecular weight is 218 g/mol. The van der Waals surface area contributed by atoms with Crippen LogP contribution in [-0.4, -0.2) is 31.1 Å². The van der Waals surface area contributed by atoms with Crippen molar-refractivity contribution in [2.24, 2.45) is 5.73 Å². The van der Waals surface area contributed by atoms with E-state index >= 15 is 0 Å². The number of hydrogen-bond acceptors (Lipinski definition) is 2. The maximum absolute atomic E-state index is 5.99. The van der Waals surface area contributed by atoms with E-state index in [1.54, 1.807) is 0 Å². The summed E-state index contributed by atoms with van der Waals surface area (Å²) in [6.45, 7) is 6.56. The van der Waals surface area contributed by atoms with Crippen molar-refractivity contribution in [3.8, 4) is 0 Å². The molecule has 0 radical (unpaired) electrons. The van der Waals surface area contributed by atoms with Crippen molar-refractivity contribution in [2.45, 2.75) is 25.2 Å². The van der Waals surface area contributed by atoms with Gasteiger partial charge in [-0.05, 0) is 31.5 Å². The summed E-state index contributed by atoms with van der Waals surface area (Å²) in [5.74, 6) is 0. The van der Waals surface area contributed by atoms with E-state index in [2.05, 4.69) is 42.2 Å². The van der Waals surface area contributed by atoms with Gasteiger partial charge in [0.1, 0.15) is 0 Å². The second kappa shape index (κ2) is 4.98. The van der Waals surface area contributed by atoms with E-state index in [-0.39, 0.29) is 5.41 Å². The number of nitrogens with zero attached hydrogens (tertiary/aromatic N) is 1. The van der Waals surface area contributed by atoms with Crippen molar-refractivity contribution in [1.82, 2.24) is 4.90 Å². The molecule has 0 aliphatic carbocycles. The first-order valence-electron chi connectivity index (χ1n) is 6.22. The largest absolute Gasteiger partial charge is 0.330 e. The van der Waals surface area contributed by atoms with E-state index in [1.165, 1.54) is 31.5 Å². The Morgan fingerprint density at radius 2 is 1.81 bits per heavy atom. The predicted molar refractivity (Wildman–Crippen MR) is 68.5 cm³/mol. The number of likely N-dealkylation sites (tertiary alicyclic amines) is 1. The van der Waals surface area contributed by atoms with Gasteiger partial charge < -0.3 is 10.6 Å². The van der Waals surface area contributed by atoms with Gasteiger partial charge in [-0.3, -0.25) is 0 Å². The molecule has 0 amide bonds. The lowest BCUT2D eigenvalue weighted by atomic mass is 9.82. The zero-order valence-corrected chi connectivity index (χ0v) is 10.2. The van der Waals surface area contributed by atoms with Crippen molar-refractivity contribution >= 4 is 0 Å². The maximum Gasteiger partial charge on any atom is 0.0174 e. The van der Waals surface area contributed by atoms with Crippen LogP contribution in [0.15, 0.2) is 30.3 Å². The highest BCUT2D eigenvalue weighted by Gasteiger charge is 2.28. The fourth-order valence-electron chi connectivity index (χ4n) is 2.55. The first-order valence-corrected chi connectivity index (χ1v) is 6.22. The molecule has 2 rings (SSSR count). The van der Waals surface area contributed by atoms with E-state index in [0.717, 1.165) is 6.54 Å². The molecule has 1 unspecified atom stereocenters. The van der Waals surface area contributed by atoms with Crippen molar-refractivity contribution < 1.29 is 0 Å². The molecule has 1 fully saturated rings. The van der Waals surface area contributed by atoms with Crippen LogP contribution in [-0.2, 0) is 5.41 Å². The molecule has 0 spiro atoms. The molecular formula is C14H22N2. The van der Waals surface area contributed by atoms with E-state index in [4.69, 9.17) is 5.73 Å². The molecule has 2 nitrogen and oxygen atoms in total. The second-order valence-corrected chi connectivity index (χ2v) is 5.11. The summed E-state index contributed by atoms with van der Waals surface area (Å²) in [6.07, 6.45) is 2.69. The van der Waals surface area contributed by atoms with Gasteiger partial charge in [-0.25, -0.2) is 0 Å². The third-order valence-electron chi connectivity index (χ3n) is 3.69. The monoisotopic (exact) mass is 218 g/mol. The van der Waals surface area contributed by atoms with Gasteiger partial charge in [0.05, 0.1) is 0 Å². The summed E-state index contributed by atoms with van der Waals surface area (Å²) in [5.41, 5.74) is 7.46. The molecule has 1 aromatic carbocycles. The Labute approximate surface area is 98.4 Å². The molecule has 2 heteroatoms. The lowest BCUT2D eigenvalue weighted by Gasteiger charge is -2.33.